The SMILES string of the molecule is CCNC(=O)C(CC)N(Cc1ccccc1)C(=O)CSCc1ccccc1F. The van der Waals surface area contributed by atoms with E-state index in [1.54, 1.807) is 23.1 Å². The van der Waals surface area contributed by atoms with Gasteiger partial charge in [0.1, 0.15) is 11.9 Å². The van der Waals surface area contributed by atoms with E-state index >= 15 is 0 Å². The normalized spacial score (nSPS) is 11.7. The van der Waals surface area contributed by atoms with Crippen LogP contribution in [-0.4, -0.2) is 35.1 Å². The lowest BCUT2D eigenvalue weighted by molar-refractivity contribution is -0.139. The first-order valence-electron chi connectivity index (χ1n) is 9.49. The predicted octanol–water partition coefficient (Wildman–Crippen LogP) is 4.00. The molecule has 2 aromatic rings. The summed E-state index contributed by atoms with van der Waals surface area (Å²) in [7, 11) is 0. The predicted molar refractivity (Wildman–Crippen MR) is 112 cm³/mol. The van der Waals surface area contributed by atoms with Crippen LogP contribution in [0.2, 0.25) is 0 Å². The van der Waals surface area contributed by atoms with Crippen LogP contribution in [0.15, 0.2) is 54.6 Å². The zero-order valence-electron chi connectivity index (χ0n) is 16.4. The lowest BCUT2D eigenvalue weighted by atomic mass is 10.1. The van der Waals surface area contributed by atoms with Crippen molar-refractivity contribution >= 4 is 23.6 Å². The number of halogens is 1. The van der Waals surface area contributed by atoms with Gasteiger partial charge in [-0.05, 0) is 30.5 Å². The molecule has 28 heavy (non-hydrogen) atoms. The van der Waals surface area contributed by atoms with Gasteiger partial charge in [0.25, 0.3) is 0 Å². The molecule has 1 atom stereocenters. The molecule has 6 heteroatoms. The molecule has 0 aliphatic heterocycles. The van der Waals surface area contributed by atoms with Gasteiger partial charge in [-0.3, -0.25) is 9.59 Å². The fourth-order valence-electron chi connectivity index (χ4n) is 2.94. The summed E-state index contributed by atoms with van der Waals surface area (Å²) in [5, 5.41) is 2.82. The molecule has 0 heterocycles. The number of carbonyl (C=O) groups is 2. The maximum absolute atomic E-state index is 13.8. The van der Waals surface area contributed by atoms with Gasteiger partial charge in [-0.15, -0.1) is 11.8 Å². The van der Waals surface area contributed by atoms with Crippen molar-refractivity contribution in [1.82, 2.24) is 10.2 Å². The molecule has 2 rings (SSSR count). The maximum Gasteiger partial charge on any atom is 0.242 e. The van der Waals surface area contributed by atoms with Crippen LogP contribution < -0.4 is 5.32 Å². The molecule has 1 unspecified atom stereocenters. The summed E-state index contributed by atoms with van der Waals surface area (Å²) >= 11 is 1.36. The Morgan fingerprint density at radius 1 is 1.07 bits per heavy atom. The molecule has 0 aliphatic rings. The Kier molecular flexibility index (Phi) is 9.01. The standard InChI is InChI=1S/C22H27FN2O2S/c1-3-20(22(27)24-4-2)25(14-17-10-6-5-7-11-17)21(26)16-28-15-18-12-8-9-13-19(18)23/h5-13,20H,3-4,14-16H2,1-2H3,(H,24,27). The van der Waals surface area contributed by atoms with Crippen LogP contribution in [0.1, 0.15) is 31.4 Å². The Labute approximate surface area is 170 Å². The second kappa shape index (κ2) is 11.5. The van der Waals surface area contributed by atoms with Crippen molar-refractivity contribution < 1.29 is 14.0 Å². The zero-order chi connectivity index (χ0) is 20.4. The second-order valence-corrected chi connectivity index (χ2v) is 7.40. The molecular formula is C22H27FN2O2S. The Morgan fingerprint density at radius 3 is 2.39 bits per heavy atom. The first-order chi connectivity index (χ1) is 13.6. The molecule has 0 saturated heterocycles. The summed E-state index contributed by atoms with van der Waals surface area (Å²) in [5.74, 6) is 0.0705. The minimum absolute atomic E-state index is 0.122. The number of hydrogen-bond donors (Lipinski definition) is 1. The molecule has 2 aromatic carbocycles. The summed E-state index contributed by atoms with van der Waals surface area (Å²) in [6.45, 7) is 4.65. The molecule has 0 fully saturated rings. The molecular weight excluding hydrogens is 375 g/mol. The van der Waals surface area contributed by atoms with Gasteiger partial charge in [0, 0.05) is 18.8 Å². The highest BCUT2D eigenvalue weighted by molar-refractivity contribution is 7.99. The van der Waals surface area contributed by atoms with Gasteiger partial charge in [0.05, 0.1) is 5.75 Å². The average molecular weight is 403 g/mol. The van der Waals surface area contributed by atoms with E-state index in [0.717, 1.165) is 5.56 Å². The van der Waals surface area contributed by atoms with E-state index in [2.05, 4.69) is 5.32 Å². The second-order valence-electron chi connectivity index (χ2n) is 6.41. The third kappa shape index (κ3) is 6.37. The van der Waals surface area contributed by atoms with Crippen molar-refractivity contribution in [2.24, 2.45) is 0 Å². The summed E-state index contributed by atoms with van der Waals surface area (Å²) in [6, 6.07) is 15.7. The number of carbonyl (C=O) groups excluding carboxylic acids is 2. The summed E-state index contributed by atoms with van der Waals surface area (Å²) in [6.07, 6.45) is 0.530. The van der Waals surface area contributed by atoms with Crippen LogP contribution in [0.5, 0.6) is 0 Å². The van der Waals surface area contributed by atoms with E-state index < -0.39 is 6.04 Å². The van der Waals surface area contributed by atoms with Gasteiger partial charge in [0.2, 0.25) is 11.8 Å². The smallest absolute Gasteiger partial charge is 0.242 e. The number of amides is 2. The van der Waals surface area contributed by atoms with Gasteiger partial charge < -0.3 is 10.2 Å². The Hall–Kier alpha value is -2.34. The molecule has 0 aliphatic carbocycles. The lowest BCUT2D eigenvalue weighted by Gasteiger charge is -2.30. The molecule has 0 bridgehead atoms. The highest BCUT2D eigenvalue weighted by Gasteiger charge is 2.28. The van der Waals surface area contributed by atoms with Crippen LogP contribution in [0.3, 0.4) is 0 Å². The number of hydrogen-bond acceptors (Lipinski definition) is 3. The topological polar surface area (TPSA) is 49.4 Å². The summed E-state index contributed by atoms with van der Waals surface area (Å²) < 4.78 is 13.8. The van der Waals surface area contributed by atoms with Crippen molar-refractivity contribution in [3.8, 4) is 0 Å². The maximum atomic E-state index is 13.8. The minimum Gasteiger partial charge on any atom is -0.355 e. The van der Waals surface area contributed by atoms with Gasteiger partial charge in [-0.2, -0.15) is 0 Å². The number of thioether (sulfide) groups is 1. The third-order valence-corrected chi connectivity index (χ3v) is 5.34. The highest BCUT2D eigenvalue weighted by atomic mass is 32.2. The van der Waals surface area contributed by atoms with Gasteiger partial charge in [0.15, 0.2) is 0 Å². The van der Waals surface area contributed by atoms with E-state index in [0.29, 0.717) is 30.8 Å². The van der Waals surface area contributed by atoms with Crippen LogP contribution in [0.4, 0.5) is 4.39 Å². The monoisotopic (exact) mass is 402 g/mol. The van der Waals surface area contributed by atoms with Crippen molar-refractivity contribution in [1.29, 1.82) is 0 Å². The molecule has 0 aromatic heterocycles. The summed E-state index contributed by atoms with van der Waals surface area (Å²) in [4.78, 5) is 27.1. The minimum atomic E-state index is -0.526. The molecule has 0 saturated carbocycles. The summed E-state index contributed by atoms with van der Waals surface area (Å²) in [5.41, 5.74) is 1.54. The van der Waals surface area contributed by atoms with Gasteiger partial charge in [-0.25, -0.2) is 4.39 Å². The number of benzene rings is 2. The van der Waals surface area contributed by atoms with E-state index in [9.17, 15) is 14.0 Å². The number of nitrogens with one attached hydrogen (secondary N) is 1. The van der Waals surface area contributed by atoms with Gasteiger partial charge >= 0.3 is 0 Å². The van der Waals surface area contributed by atoms with E-state index in [1.807, 2.05) is 44.2 Å². The number of likely N-dealkylation sites (N-methyl/N-ethyl adjacent to an activating group) is 1. The van der Waals surface area contributed by atoms with Crippen molar-refractivity contribution in [2.75, 3.05) is 12.3 Å². The van der Waals surface area contributed by atoms with Crippen LogP contribution in [-0.2, 0) is 21.9 Å². The van der Waals surface area contributed by atoms with Gasteiger partial charge in [-0.1, -0.05) is 55.5 Å². The Morgan fingerprint density at radius 2 is 1.75 bits per heavy atom. The van der Waals surface area contributed by atoms with E-state index in [4.69, 9.17) is 0 Å². The quantitative estimate of drug-likeness (QED) is 0.653. The number of rotatable bonds is 10. The molecule has 1 N–H and O–H groups in total. The average Bonchev–Trinajstić information content (AvgIpc) is 2.70. The number of nitrogens with zero attached hydrogens (tertiary/aromatic N) is 1. The largest absolute Gasteiger partial charge is 0.355 e. The molecule has 150 valence electrons. The fourth-order valence-corrected chi connectivity index (χ4v) is 3.83. The van der Waals surface area contributed by atoms with E-state index in [1.165, 1.54) is 17.8 Å². The molecule has 2 amide bonds. The Bertz CT molecular complexity index is 770. The third-order valence-electron chi connectivity index (χ3n) is 4.37. The molecule has 0 spiro atoms. The van der Waals surface area contributed by atoms with E-state index in [-0.39, 0.29) is 23.4 Å². The fraction of sp³-hybridized carbons (Fsp3) is 0.364. The first kappa shape index (κ1) is 22.0. The van der Waals surface area contributed by atoms with Crippen LogP contribution in [0.25, 0.3) is 0 Å². The van der Waals surface area contributed by atoms with Crippen LogP contribution in [0, 0.1) is 5.82 Å². The molecule has 4 nitrogen and oxygen atoms in total. The molecule has 0 radical (unpaired) electrons. The lowest BCUT2D eigenvalue weighted by Crippen LogP contribution is -2.49. The first-order valence-corrected chi connectivity index (χ1v) is 10.6. The van der Waals surface area contributed by atoms with Crippen molar-refractivity contribution in [3.05, 3.63) is 71.5 Å². The van der Waals surface area contributed by atoms with Crippen molar-refractivity contribution in [3.63, 3.8) is 0 Å². The highest BCUT2D eigenvalue weighted by Crippen LogP contribution is 2.18. The zero-order valence-corrected chi connectivity index (χ0v) is 17.2. The van der Waals surface area contributed by atoms with Crippen LogP contribution >= 0.6 is 11.8 Å². The van der Waals surface area contributed by atoms with Crippen molar-refractivity contribution in [2.45, 2.75) is 38.6 Å². The Balaban J connectivity index is 2.09.